The van der Waals surface area contributed by atoms with Gasteiger partial charge in [0.2, 0.25) is 0 Å². The van der Waals surface area contributed by atoms with Crippen LogP contribution in [-0.2, 0) is 13.5 Å². The molecule has 19 heavy (non-hydrogen) atoms. The summed E-state index contributed by atoms with van der Waals surface area (Å²) >= 11 is 0. The second kappa shape index (κ2) is 3.76. The van der Waals surface area contributed by atoms with Crippen LogP contribution in [0.2, 0.25) is 0 Å². The van der Waals surface area contributed by atoms with Crippen LogP contribution in [0.15, 0.2) is 18.2 Å². The van der Waals surface area contributed by atoms with Crippen LogP contribution in [0.25, 0.3) is 11.3 Å². The summed E-state index contributed by atoms with van der Waals surface area (Å²) < 4.78 is 7.98. The predicted octanol–water partition coefficient (Wildman–Crippen LogP) is 2.69. The molecule has 0 saturated carbocycles. The van der Waals surface area contributed by atoms with Crippen LogP contribution in [0, 0.1) is 6.92 Å². The summed E-state index contributed by atoms with van der Waals surface area (Å²) in [6, 6.07) is 6.18. The maximum absolute atomic E-state index is 6.14. The summed E-state index contributed by atoms with van der Waals surface area (Å²) in [5.41, 5.74) is 9.02. The second-order valence-corrected chi connectivity index (χ2v) is 5.78. The monoisotopic (exact) mass is 257 g/mol. The summed E-state index contributed by atoms with van der Waals surface area (Å²) in [7, 11) is 1.93. The van der Waals surface area contributed by atoms with Crippen LogP contribution in [-0.4, -0.2) is 15.2 Å². The van der Waals surface area contributed by atoms with E-state index in [2.05, 4.69) is 24.9 Å². The first-order chi connectivity index (χ1) is 8.89. The molecule has 0 atom stereocenters. The van der Waals surface area contributed by atoms with Crippen molar-refractivity contribution in [1.82, 2.24) is 9.55 Å². The normalized spacial score (nSPS) is 16.2. The maximum atomic E-state index is 6.14. The first-order valence-corrected chi connectivity index (χ1v) is 6.49. The first-order valence-electron chi connectivity index (χ1n) is 6.49. The summed E-state index contributed by atoms with van der Waals surface area (Å²) in [5.74, 6) is 2.51. The highest BCUT2D eigenvalue weighted by molar-refractivity contribution is 5.78. The number of aryl methyl sites for hydroxylation is 1. The molecule has 1 aliphatic rings. The topological polar surface area (TPSA) is 53.1 Å². The Balaban J connectivity index is 2.18. The average Bonchev–Trinajstić information content (AvgIpc) is 2.78. The van der Waals surface area contributed by atoms with Gasteiger partial charge in [-0.3, -0.25) is 0 Å². The fourth-order valence-electron chi connectivity index (χ4n) is 2.63. The number of nitrogens with zero attached hydrogens (tertiary/aromatic N) is 2. The van der Waals surface area contributed by atoms with Crippen molar-refractivity contribution < 1.29 is 4.74 Å². The zero-order valence-corrected chi connectivity index (χ0v) is 11.8. The highest BCUT2D eigenvalue weighted by Crippen LogP contribution is 2.43. The lowest BCUT2D eigenvalue weighted by atomic mass is 10.00. The third kappa shape index (κ3) is 1.79. The van der Waals surface area contributed by atoms with E-state index in [1.807, 2.05) is 30.7 Å². The van der Waals surface area contributed by atoms with E-state index >= 15 is 0 Å². The number of fused-ring (bicyclic) bond motifs is 1. The summed E-state index contributed by atoms with van der Waals surface area (Å²) in [6.45, 7) is 6.15. The number of ether oxygens (including phenoxy) is 1. The van der Waals surface area contributed by atoms with Crippen molar-refractivity contribution in [3.8, 4) is 17.0 Å². The van der Waals surface area contributed by atoms with Crippen LogP contribution in [0.5, 0.6) is 5.75 Å². The molecule has 4 heteroatoms. The minimum atomic E-state index is -0.156. The van der Waals surface area contributed by atoms with Gasteiger partial charge in [0.15, 0.2) is 0 Å². The molecule has 1 aromatic carbocycles. The fraction of sp³-hybridized carbons (Fsp3) is 0.400. The maximum Gasteiger partial charge on any atom is 0.133 e. The average molecular weight is 257 g/mol. The summed E-state index contributed by atoms with van der Waals surface area (Å²) in [6.07, 6.45) is 0.919. The third-order valence-corrected chi connectivity index (χ3v) is 3.71. The van der Waals surface area contributed by atoms with Crippen LogP contribution < -0.4 is 10.5 Å². The number of nitrogens with two attached hydrogens (primary N) is 1. The lowest BCUT2D eigenvalue weighted by Gasteiger charge is -2.18. The van der Waals surface area contributed by atoms with E-state index in [0.29, 0.717) is 5.82 Å². The zero-order valence-electron chi connectivity index (χ0n) is 11.8. The molecule has 0 fully saturated rings. The van der Waals surface area contributed by atoms with E-state index in [1.165, 1.54) is 5.56 Å². The van der Waals surface area contributed by atoms with Gasteiger partial charge in [0.05, 0.1) is 0 Å². The van der Waals surface area contributed by atoms with Gasteiger partial charge in [-0.1, -0.05) is 12.1 Å². The van der Waals surface area contributed by atoms with Crippen molar-refractivity contribution in [3.63, 3.8) is 0 Å². The van der Waals surface area contributed by atoms with Crippen LogP contribution >= 0.6 is 0 Å². The number of rotatable bonds is 1. The van der Waals surface area contributed by atoms with E-state index in [9.17, 15) is 0 Å². The van der Waals surface area contributed by atoms with Gasteiger partial charge in [-0.15, -0.1) is 0 Å². The van der Waals surface area contributed by atoms with Crippen molar-refractivity contribution in [2.75, 3.05) is 5.73 Å². The Labute approximate surface area is 113 Å². The number of benzene rings is 1. The molecule has 2 N–H and O–H groups in total. The SMILES string of the molecule is Cc1nc(-c2cccc3c2OC(C)(C)C3)c(N)n1C. The molecule has 4 nitrogen and oxygen atoms in total. The molecule has 0 amide bonds. The lowest BCUT2D eigenvalue weighted by molar-refractivity contribution is 0.139. The molecular weight excluding hydrogens is 238 g/mol. The van der Waals surface area contributed by atoms with Crippen molar-refractivity contribution in [2.24, 2.45) is 7.05 Å². The van der Waals surface area contributed by atoms with E-state index < -0.39 is 0 Å². The van der Waals surface area contributed by atoms with Gasteiger partial charge >= 0.3 is 0 Å². The molecule has 2 heterocycles. The van der Waals surface area contributed by atoms with Gasteiger partial charge in [0, 0.05) is 19.0 Å². The van der Waals surface area contributed by atoms with E-state index in [4.69, 9.17) is 10.5 Å². The second-order valence-electron chi connectivity index (χ2n) is 5.78. The van der Waals surface area contributed by atoms with Crippen molar-refractivity contribution in [1.29, 1.82) is 0 Å². The van der Waals surface area contributed by atoms with Crippen molar-refractivity contribution in [2.45, 2.75) is 32.8 Å². The molecule has 0 aliphatic carbocycles. The van der Waals surface area contributed by atoms with Crippen molar-refractivity contribution in [3.05, 3.63) is 29.6 Å². The van der Waals surface area contributed by atoms with Gasteiger partial charge in [0.1, 0.15) is 28.7 Å². The Morgan fingerprint density at radius 1 is 1.37 bits per heavy atom. The van der Waals surface area contributed by atoms with E-state index in [1.54, 1.807) is 0 Å². The molecule has 1 aliphatic heterocycles. The first kappa shape index (κ1) is 12.1. The van der Waals surface area contributed by atoms with Gasteiger partial charge in [-0.25, -0.2) is 4.98 Å². The molecule has 1 aromatic heterocycles. The molecule has 100 valence electrons. The molecule has 0 saturated heterocycles. The number of hydrogen-bond donors (Lipinski definition) is 1. The summed E-state index contributed by atoms with van der Waals surface area (Å²) in [4.78, 5) is 4.56. The number of anilines is 1. The minimum Gasteiger partial charge on any atom is -0.487 e. The molecule has 0 spiro atoms. The Bertz CT molecular complexity index is 656. The van der Waals surface area contributed by atoms with Crippen LogP contribution in [0.3, 0.4) is 0 Å². The van der Waals surface area contributed by atoms with E-state index in [0.717, 1.165) is 29.3 Å². The van der Waals surface area contributed by atoms with Gasteiger partial charge in [0.25, 0.3) is 0 Å². The number of imidazole rings is 1. The molecular formula is C15H19N3O. The minimum absolute atomic E-state index is 0.156. The molecule has 0 unspecified atom stereocenters. The quantitative estimate of drug-likeness (QED) is 0.854. The Hall–Kier alpha value is -1.97. The van der Waals surface area contributed by atoms with Crippen LogP contribution in [0.1, 0.15) is 25.2 Å². The third-order valence-electron chi connectivity index (χ3n) is 3.71. The van der Waals surface area contributed by atoms with Gasteiger partial charge in [-0.05, 0) is 32.4 Å². The molecule has 0 radical (unpaired) electrons. The highest BCUT2D eigenvalue weighted by atomic mass is 16.5. The van der Waals surface area contributed by atoms with Gasteiger partial charge < -0.3 is 15.0 Å². The van der Waals surface area contributed by atoms with Crippen LogP contribution in [0.4, 0.5) is 5.82 Å². The Kier molecular flexibility index (Phi) is 2.39. The molecule has 0 bridgehead atoms. The molecule has 2 aromatic rings. The summed E-state index contributed by atoms with van der Waals surface area (Å²) in [5, 5.41) is 0. The Morgan fingerprint density at radius 2 is 2.11 bits per heavy atom. The highest BCUT2D eigenvalue weighted by Gasteiger charge is 2.32. The lowest BCUT2D eigenvalue weighted by Crippen LogP contribution is -2.24. The number of para-hydroxylation sites is 1. The predicted molar refractivity (Wildman–Crippen MR) is 76.2 cm³/mol. The smallest absolute Gasteiger partial charge is 0.133 e. The number of hydrogen-bond acceptors (Lipinski definition) is 3. The van der Waals surface area contributed by atoms with E-state index in [-0.39, 0.29) is 5.60 Å². The van der Waals surface area contributed by atoms with Crippen molar-refractivity contribution >= 4 is 5.82 Å². The Morgan fingerprint density at radius 3 is 2.74 bits per heavy atom. The molecule has 3 rings (SSSR count). The number of nitrogen functional groups attached to an aromatic ring is 1. The van der Waals surface area contributed by atoms with Gasteiger partial charge in [-0.2, -0.15) is 0 Å². The number of aromatic nitrogens is 2. The standard InChI is InChI=1S/C15H19N3O/c1-9-17-12(14(16)18(9)4)11-7-5-6-10-8-15(2,3)19-13(10)11/h5-7H,8,16H2,1-4H3. The largest absolute Gasteiger partial charge is 0.487 e. The zero-order chi connectivity index (χ0) is 13.8. The fourth-order valence-corrected chi connectivity index (χ4v) is 2.63.